The molecule has 2 heteroatoms. The lowest BCUT2D eigenvalue weighted by atomic mass is 10.0. The van der Waals surface area contributed by atoms with E-state index in [4.69, 9.17) is 5.73 Å². The van der Waals surface area contributed by atoms with E-state index in [-0.39, 0.29) is 6.04 Å². The molecular formula is C13H14N2. The molecule has 2 nitrogen and oxygen atoms in total. The van der Waals surface area contributed by atoms with Gasteiger partial charge >= 0.3 is 0 Å². The lowest BCUT2D eigenvalue weighted by Gasteiger charge is -2.11. The van der Waals surface area contributed by atoms with Gasteiger partial charge < -0.3 is 5.73 Å². The van der Waals surface area contributed by atoms with E-state index >= 15 is 0 Å². The maximum Gasteiger partial charge on any atom is 0.0335 e. The van der Waals surface area contributed by atoms with Crippen molar-refractivity contribution in [3.63, 3.8) is 0 Å². The van der Waals surface area contributed by atoms with E-state index in [9.17, 15) is 0 Å². The lowest BCUT2D eigenvalue weighted by Crippen LogP contribution is -2.13. The van der Waals surface area contributed by atoms with Crippen molar-refractivity contribution in [1.82, 2.24) is 4.98 Å². The van der Waals surface area contributed by atoms with E-state index in [2.05, 4.69) is 17.1 Å². The number of aromatic nitrogens is 1. The average Bonchev–Trinajstić information content (AvgIpc) is 2.31. The summed E-state index contributed by atoms with van der Waals surface area (Å²) in [5.41, 5.74) is 8.51. The van der Waals surface area contributed by atoms with Crippen LogP contribution in [-0.4, -0.2) is 4.98 Å². The number of pyridine rings is 1. The van der Waals surface area contributed by atoms with Crippen LogP contribution in [0.2, 0.25) is 0 Å². The molecule has 1 atom stereocenters. The van der Waals surface area contributed by atoms with Gasteiger partial charge in [0.05, 0.1) is 0 Å². The van der Waals surface area contributed by atoms with Gasteiger partial charge in [-0.05, 0) is 29.7 Å². The number of rotatable bonds is 3. The number of hydrogen-bond donors (Lipinski definition) is 1. The van der Waals surface area contributed by atoms with Crippen LogP contribution in [0.3, 0.4) is 0 Å². The van der Waals surface area contributed by atoms with Crippen molar-refractivity contribution in [2.75, 3.05) is 0 Å². The largest absolute Gasteiger partial charge is 0.324 e. The molecular weight excluding hydrogens is 184 g/mol. The van der Waals surface area contributed by atoms with Crippen LogP contribution in [0.1, 0.15) is 17.2 Å². The highest BCUT2D eigenvalue weighted by Crippen LogP contribution is 2.14. The summed E-state index contributed by atoms with van der Waals surface area (Å²) in [4.78, 5) is 3.98. The Labute approximate surface area is 89.8 Å². The first-order valence-corrected chi connectivity index (χ1v) is 5.05. The van der Waals surface area contributed by atoms with Crippen LogP contribution in [0, 0.1) is 0 Å². The van der Waals surface area contributed by atoms with Crippen LogP contribution < -0.4 is 5.73 Å². The third-order valence-electron chi connectivity index (χ3n) is 2.43. The molecule has 1 aromatic carbocycles. The molecule has 15 heavy (non-hydrogen) atoms. The van der Waals surface area contributed by atoms with E-state index < -0.39 is 0 Å². The molecule has 0 spiro atoms. The first kappa shape index (κ1) is 9.87. The quantitative estimate of drug-likeness (QED) is 0.822. The molecule has 0 aliphatic rings. The van der Waals surface area contributed by atoms with Gasteiger partial charge in [-0.3, -0.25) is 4.98 Å². The second-order valence-electron chi connectivity index (χ2n) is 3.58. The monoisotopic (exact) mass is 198 g/mol. The van der Waals surface area contributed by atoms with Crippen LogP contribution in [-0.2, 0) is 6.42 Å². The Morgan fingerprint density at radius 2 is 1.67 bits per heavy atom. The smallest absolute Gasteiger partial charge is 0.0335 e. The fourth-order valence-corrected chi connectivity index (χ4v) is 1.59. The van der Waals surface area contributed by atoms with Crippen LogP contribution in [0.15, 0.2) is 54.9 Å². The van der Waals surface area contributed by atoms with Crippen molar-refractivity contribution in [2.24, 2.45) is 5.73 Å². The second kappa shape index (κ2) is 4.71. The molecule has 0 aliphatic heterocycles. The molecule has 0 aliphatic carbocycles. The van der Waals surface area contributed by atoms with E-state index in [0.29, 0.717) is 0 Å². The van der Waals surface area contributed by atoms with Crippen molar-refractivity contribution in [2.45, 2.75) is 12.5 Å². The molecule has 76 valence electrons. The molecule has 2 N–H and O–H groups in total. The highest BCUT2D eigenvalue weighted by Gasteiger charge is 2.05. The Balaban J connectivity index is 2.08. The molecule has 0 saturated carbocycles. The summed E-state index contributed by atoms with van der Waals surface area (Å²) in [6, 6.07) is 14.2. The number of benzene rings is 1. The number of nitrogens with two attached hydrogens (primary N) is 1. The summed E-state index contributed by atoms with van der Waals surface area (Å²) in [5, 5.41) is 0. The molecule has 0 fully saturated rings. The molecule has 0 saturated heterocycles. The second-order valence-corrected chi connectivity index (χ2v) is 3.58. The molecule has 2 rings (SSSR count). The average molecular weight is 198 g/mol. The van der Waals surface area contributed by atoms with E-state index in [1.165, 1.54) is 11.1 Å². The SMILES string of the molecule is N[C@H](Cc1ccncc1)c1ccccc1. The highest BCUT2D eigenvalue weighted by molar-refractivity contribution is 5.21. The van der Waals surface area contributed by atoms with Gasteiger partial charge in [-0.2, -0.15) is 0 Å². The van der Waals surface area contributed by atoms with Crippen molar-refractivity contribution >= 4 is 0 Å². The summed E-state index contributed by atoms with van der Waals surface area (Å²) >= 11 is 0. The summed E-state index contributed by atoms with van der Waals surface area (Å²) < 4.78 is 0. The van der Waals surface area contributed by atoms with E-state index in [0.717, 1.165) is 6.42 Å². The van der Waals surface area contributed by atoms with E-state index in [1.54, 1.807) is 12.4 Å². The van der Waals surface area contributed by atoms with Gasteiger partial charge in [0.2, 0.25) is 0 Å². The maximum absolute atomic E-state index is 6.11. The lowest BCUT2D eigenvalue weighted by molar-refractivity contribution is 0.721. The predicted octanol–water partition coefficient (Wildman–Crippen LogP) is 2.32. The van der Waals surface area contributed by atoms with Crippen LogP contribution in [0.5, 0.6) is 0 Å². The third kappa shape index (κ3) is 2.64. The van der Waals surface area contributed by atoms with Crippen molar-refractivity contribution in [1.29, 1.82) is 0 Å². The summed E-state index contributed by atoms with van der Waals surface area (Å²) in [6.45, 7) is 0. The zero-order valence-electron chi connectivity index (χ0n) is 8.51. The Morgan fingerprint density at radius 3 is 2.33 bits per heavy atom. The van der Waals surface area contributed by atoms with Gasteiger partial charge in [0.15, 0.2) is 0 Å². The van der Waals surface area contributed by atoms with Gasteiger partial charge in [0, 0.05) is 18.4 Å². The molecule has 1 heterocycles. The van der Waals surface area contributed by atoms with Crippen LogP contribution in [0.4, 0.5) is 0 Å². The third-order valence-corrected chi connectivity index (χ3v) is 2.43. The fourth-order valence-electron chi connectivity index (χ4n) is 1.59. The minimum absolute atomic E-state index is 0.0635. The molecule has 2 aromatic rings. The van der Waals surface area contributed by atoms with Crippen LogP contribution >= 0.6 is 0 Å². The zero-order chi connectivity index (χ0) is 10.5. The van der Waals surface area contributed by atoms with Crippen molar-refractivity contribution in [3.05, 3.63) is 66.0 Å². The van der Waals surface area contributed by atoms with Gasteiger partial charge in [0.25, 0.3) is 0 Å². The molecule has 0 radical (unpaired) electrons. The van der Waals surface area contributed by atoms with Crippen LogP contribution in [0.25, 0.3) is 0 Å². The number of nitrogens with zero attached hydrogens (tertiary/aromatic N) is 1. The minimum atomic E-state index is 0.0635. The first-order valence-electron chi connectivity index (χ1n) is 5.05. The first-order chi connectivity index (χ1) is 7.36. The van der Waals surface area contributed by atoms with Crippen molar-refractivity contribution < 1.29 is 0 Å². The highest BCUT2D eigenvalue weighted by atomic mass is 14.6. The normalized spacial score (nSPS) is 12.3. The standard InChI is InChI=1S/C13H14N2/c14-13(12-4-2-1-3-5-12)10-11-6-8-15-9-7-11/h1-9,13H,10,14H2/t13-/m1/s1. The molecule has 0 unspecified atom stereocenters. The van der Waals surface area contributed by atoms with E-state index in [1.807, 2.05) is 30.3 Å². The summed E-state index contributed by atoms with van der Waals surface area (Å²) in [7, 11) is 0. The van der Waals surface area contributed by atoms with Gasteiger partial charge in [-0.15, -0.1) is 0 Å². The minimum Gasteiger partial charge on any atom is -0.324 e. The Hall–Kier alpha value is -1.67. The molecule has 0 bridgehead atoms. The Morgan fingerprint density at radius 1 is 1.00 bits per heavy atom. The maximum atomic E-state index is 6.11. The van der Waals surface area contributed by atoms with Gasteiger partial charge in [-0.1, -0.05) is 30.3 Å². The zero-order valence-corrected chi connectivity index (χ0v) is 8.51. The van der Waals surface area contributed by atoms with Crippen molar-refractivity contribution in [3.8, 4) is 0 Å². The summed E-state index contributed by atoms with van der Waals surface area (Å²) in [6.07, 6.45) is 4.45. The summed E-state index contributed by atoms with van der Waals surface area (Å²) in [5.74, 6) is 0. The number of hydrogen-bond acceptors (Lipinski definition) is 2. The Bertz CT molecular complexity index is 397. The molecule has 0 amide bonds. The Kier molecular flexibility index (Phi) is 3.10. The van der Waals surface area contributed by atoms with Gasteiger partial charge in [-0.25, -0.2) is 0 Å². The topological polar surface area (TPSA) is 38.9 Å². The van der Waals surface area contributed by atoms with Gasteiger partial charge in [0.1, 0.15) is 0 Å². The fraction of sp³-hybridized carbons (Fsp3) is 0.154. The molecule has 1 aromatic heterocycles. The predicted molar refractivity (Wildman–Crippen MR) is 61.3 cm³/mol.